The molecule has 0 unspecified atom stereocenters. The van der Waals surface area contributed by atoms with Crippen molar-refractivity contribution >= 4 is 23.5 Å². The van der Waals surface area contributed by atoms with Crippen molar-refractivity contribution < 1.29 is 19.8 Å². The van der Waals surface area contributed by atoms with Crippen LogP contribution in [0.3, 0.4) is 0 Å². The lowest BCUT2D eigenvalue weighted by atomic mass is 10.0. The minimum absolute atomic E-state index is 0.322. The van der Waals surface area contributed by atoms with Gasteiger partial charge < -0.3 is 10.2 Å². The Kier molecular flexibility index (Phi) is 10.6. The molecule has 0 saturated heterocycles. The summed E-state index contributed by atoms with van der Waals surface area (Å²) in [5.74, 6) is 0.644. The number of isocyanates is 2. The minimum atomic E-state index is 0.322. The van der Waals surface area contributed by atoms with E-state index in [0.717, 1.165) is 11.1 Å². The van der Waals surface area contributed by atoms with Gasteiger partial charge in [0.05, 0.1) is 11.4 Å². The molecule has 0 heterocycles. The van der Waals surface area contributed by atoms with Crippen LogP contribution in [0.15, 0.2) is 119 Å². The molecular formula is C27H22N2O4. The van der Waals surface area contributed by atoms with Gasteiger partial charge in [0.15, 0.2) is 0 Å². The van der Waals surface area contributed by atoms with E-state index in [0.29, 0.717) is 29.3 Å². The number of aromatic hydroxyl groups is 2. The van der Waals surface area contributed by atoms with E-state index in [2.05, 4.69) is 9.98 Å². The Bertz CT molecular complexity index is 1120. The van der Waals surface area contributed by atoms with Crippen molar-refractivity contribution in [2.24, 2.45) is 9.98 Å². The van der Waals surface area contributed by atoms with E-state index in [4.69, 9.17) is 10.2 Å². The molecule has 0 fully saturated rings. The molecule has 6 heteroatoms. The molecule has 2 N–H and O–H groups in total. The summed E-state index contributed by atoms with van der Waals surface area (Å²) in [6.07, 6.45) is 3.61. The summed E-state index contributed by atoms with van der Waals surface area (Å²) in [7, 11) is 0. The van der Waals surface area contributed by atoms with Gasteiger partial charge in [0.2, 0.25) is 12.2 Å². The number of benzene rings is 4. The second-order valence-corrected chi connectivity index (χ2v) is 6.51. The third-order valence-corrected chi connectivity index (χ3v) is 4.21. The summed E-state index contributed by atoms with van der Waals surface area (Å²) in [6.45, 7) is 0. The first-order chi connectivity index (χ1) is 16.1. The van der Waals surface area contributed by atoms with Gasteiger partial charge in [0, 0.05) is 6.42 Å². The molecule has 0 bridgehead atoms. The van der Waals surface area contributed by atoms with Crippen molar-refractivity contribution in [1.29, 1.82) is 0 Å². The lowest BCUT2D eigenvalue weighted by Gasteiger charge is -2.06. The summed E-state index contributed by atoms with van der Waals surface area (Å²) in [6, 6.07) is 32.0. The van der Waals surface area contributed by atoms with Gasteiger partial charge in [-0.2, -0.15) is 9.98 Å². The quantitative estimate of drug-likeness (QED) is 0.302. The molecule has 0 atom stereocenters. The highest BCUT2D eigenvalue weighted by Gasteiger charge is 2.05. The predicted octanol–water partition coefficient (Wildman–Crippen LogP) is 6.00. The van der Waals surface area contributed by atoms with E-state index in [9.17, 15) is 9.59 Å². The molecule has 0 aromatic heterocycles. The molecule has 4 aromatic carbocycles. The fraction of sp³-hybridized carbons (Fsp3) is 0.0370. The van der Waals surface area contributed by atoms with Crippen LogP contribution in [-0.4, -0.2) is 22.4 Å². The first kappa shape index (κ1) is 24.5. The first-order valence-electron chi connectivity index (χ1n) is 9.93. The Morgan fingerprint density at radius 1 is 0.515 bits per heavy atom. The number of hydrogen-bond acceptors (Lipinski definition) is 6. The number of para-hydroxylation sites is 4. The van der Waals surface area contributed by atoms with Gasteiger partial charge >= 0.3 is 0 Å². The summed E-state index contributed by atoms with van der Waals surface area (Å²) >= 11 is 0. The van der Waals surface area contributed by atoms with Crippen molar-refractivity contribution in [3.63, 3.8) is 0 Å². The maximum atomic E-state index is 10.4. The standard InChI is InChI=1S/C15H10N2O2.2C6H6O/c18-10-16-14-7-3-1-5-12(14)9-13-6-2-4-8-15(13)17-11-19;2*7-6-4-2-1-3-5-6/h1-8H,9H2;2*1-5,7H. The number of aliphatic imine (C=N–C) groups is 2. The summed E-state index contributed by atoms with van der Waals surface area (Å²) < 4.78 is 0. The lowest BCUT2D eigenvalue weighted by molar-refractivity contribution is 0.475. The van der Waals surface area contributed by atoms with Crippen LogP contribution < -0.4 is 0 Å². The predicted molar refractivity (Wildman–Crippen MR) is 127 cm³/mol. The average molecular weight is 438 g/mol. The summed E-state index contributed by atoms with van der Waals surface area (Å²) in [5.41, 5.74) is 2.89. The number of phenolic OH excluding ortho intramolecular Hbond substituents is 2. The average Bonchev–Trinajstić information content (AvgIpc) is 2.84. The third kappa shape index (κ3) is 9.28. The van der Waals surface area contributed by atoms with E-state index < -0.39 is 0 Å². The Labute approximate surface area is 191 Å². The number of hydrogen-bond donors (Lipinski definition) is 2. The minimum Gasteiger partial charge on any atom is -0.508 e. The maximum absolute atomic E-state index is 10.4. The van der Waals surface area contributed by atoms with Gasteiger partial charge in [-0.3, -0.25) is 0 Å². The van der Waals surface area contributed by atoms with Crippen LogP contribution in [0, 0.1) is 0 Å². The second kappa shape index (κ2) is 14.3. The molecule has 164 valence electrons. The van der Waals surface area contributed by atoms with E-state index in [1.807, 2.05) is 36.4 Å². The number of rotatable bonds is 4. The second-order valence-electron chi connectivity index (χ2n) is 6.51. The SMILES string of the molecule is O=C=Nc1ccccc1Cc1ccccc1N=C=O.Oc1ccccc1.Oc1ccccc1. The molecule has 0 spiro atoms. The number of carbonyl (C=O) groups excluding carboxylic acids is 2. The Morgan fingerprint density at radius 2 is 0.848 bits per heavy atom. The van der Waals surface area contributed by atoms with Gasteiger partial charge in [-0.1, -0.05) is 72.8 Å². The highest BCUT2D eigenvalue weighted by molar-refractivity contribution is 5.59. The molecule has 0 amide bonds. The van der Waals surface area contributed by atoms with E-state index in [1.165, 1.54) is 12.2 Å². The van der Waals surface area contributed by atoms with Crippen molar-refractivity contribution in [2.45, 2.75) is 6.42 Å². The summed E-state index contributed by atoms with van der Waals surface area (Å²) in [4.78, 5) is 28.1. The fourth-order valence-electron chi connectivity index (χ4n) is 2.70. The van der Waals surface area contributed by atoms with E-state index >= 15 is 0 Å². The monoisotopic (exact) mass is 438 g/mol. The fourth-order valence-corrected chi connectivity index (χ4v) is 2.70. The molecular weight excluding hydrogens is 416 g/mol. The molecule has 0 radical (unpaired) electrons. The first-order valence-corrected chi connectivity index (χ1v) is 9.93. The van der Waals surface area contributed by atoms with Gasteiger partial charge in [-0.25, -0.2) is 9.59 Å². The smallest absolute Gasteiger partial charge is 0.240 e. The largest absolute Gasteiger partial charge is 0.508 e. The van der Waals surface area contributed by atoms with Crippen molar-refractivity contribution in [1.82, 2.24) is 0 Å². The van der Waals surface area contributed by atoms with E-state index in [1.54, 1.807) is 72.8 Å². The van der Waals surface area contributed by atoms with Crippen molar-refractivity contribution in [3.05, 3.63) is 120 Å². The van der Waals surface area contributed by atoms with Crippen LogP contribution in [0.1, 0.15) is 11.1 Å². The van der Waals surface area contributed by atoms with E-state index in [-0.39, 0.29) is 0 Å². The van der Waals surface area contributed by atoms with Gasteiger partial charge in [-0.05, 0) is 47.5 Å². The normalized spacial score (nSPS) is 8.97. The third-order valence-electron chi connectivity index (χ3n) is 4.21. The van der Waals surface area contributed by atoms with Crippen LogP contribution in [0.2, 0.25) is 0 Å². The number of nitrogens with zero attached hydrogens (tertiary/aromatic N) is 2. The molecule has 0 aliphatic rings. The zero-order chi connectivity index (χ0) is 23.7. The molecule has 0 aliphatic heterocycles. The van der Waals surface area contributed by atoms with Crippen LogP contribution in [0.4, 0.5) is 11.4 Å². The molecule has 6 nitrogen and oxygen atoms in total. The van der Waals surface area contributed by atoms with Crippen molar-refractivity contribution in [2.75, 3.05) is 0 Å². The highest BCUT2D eigenvalue weighted by atomic mass is 16.3. The summed E-state index contributed by atoms with van der Waals surface area (Å²) in [5, 5.41) is 17.3. The molecule has 4 aromatic rings. The van der Waals surface area contributed by atoms with Crippen LogP contribution >= 0.6 is 0 Å². The Hall–Kier alpha value is -4.76. The Balaban J connectivity index is 0.000000223. The Morgan fingerprint density at radius 3 is 1.15 bits per heavy atom. The van der Waals surface area contributed by atoms with Crippen molar-refractivity contribution in [3.8, 4) is 11.5 Å². The zero-order valence-corrected chi connectivity index (χ0v) is 17.7. The molecule has 0 aliphatic carbocycles. The molecule has 4 rings (SSSR count). The topological polar surface area (TPSA) is 99.3 Å². The number of phenols is 2. The highest BCUT2D eigenvalue weighted by Crippen LogP contribution is 2.26. The molecule has 33 heavy (non-hydrogen) atoms. The van der Waals surface area contributed by atoms with Gasteiger partial charge in [-0.15, -0.1) is 0 Å². The van der Waals surface area contributed by atoms with Crippen LogP contribution in [0.5, 0.6) is 11.5 Å². The van der Waals surface area contributed by atoms with Crippen LogP contribution in [0.25, 0.3) is 0 Å². The van der Waals surface area contributed by atoms with Crippen LogP contribution in [-0.2, 0) is 16.0 Å². The molecule has 0 saturated carbocycles. The van der Waals surface area contributed by atoms with Gasteiger partial charge in [0.25, 0.3) is 0 Å². The lowest BCUT2D eigenvalue weighted by Crippen LogP contribution is -1.89. The zero-order valence-electron chi connectivity index (χ0n) is 17.7. The maximum Gasteiger partial charge on any atom is 0.240 e. The van der Waals surface area contributed by atoms with Gasteiger partial charge in [0.1, 0.15) is 11.5 Å².